The first-order chi connectivity index (χ1) is 8.72. The van der Waals surface area contributed by atoms with E-state index in [4.69, 9.17) is 10.5 Å². The third-order valence-electron chi connectivity index (χ3n) is 3.86. The predicted octanol–water partition coefficient (Wildman–Crippen LogP) is -1.58. The summed E-state index contributed by atoms with van der Waals surface area (Å²) in [4.78, 5) is 18.4. The Morgan fingerprint density at radius 1 is 1.22 bits per heavy atom. The van der Waals surface area contributed by atoms with E-state index in [0.717, 1.165) is 52.5 Å². The predicted molar refractivity (Wildman–Crippen MR) is 69.3 cm³/mol. The Kier molecular flexibility index (Phi) is 4.94. The summed E-state index contributed by atoms with van der Waals surface area (Å²) >= 11 is 0. The minimum absolute atomic E-state index is 0.134. The van der Waals surface area contributed by atoms with Gasteiger partial charge in [-0.15, -0.1) is 0 Å². The van der Waals surface area contributed by atoms with Crippen LogP contribution < -0.4 is 5.73 Å². The fraction of sp³-hybridized carbons (Fsp3) is 0.917. The van der Waals surface area contributed by atoms with Crippen molar-refractivity contribution in [1.29, 1.82) is 0 Å². The van der Waals surface area contributed by atoms with Gasteiger partial charge in [0.1, 0.15) is 6.04 Å². The minimum Gasteiger partial charge on any atom is -0.379 e. The van der Waals surface area contributed by atoms with E-state index in [0.29, 0.717) is 6.54 Å². The normalized spacial score (nSPS) is 27.8. The number of hydrogen-bond donors (Lipinski definition) is 1. The Hall–Kier alpha value is -0.690. The fourth-order valence-corrected chi connectivity index (χ4v) is 2.57. The Balaban J connectivity index is 1.81. The molecule has 2 saturated heterocycles. The average molecular weight is 256 g/mol. The van der Waals surface area contributed by atoms with Crippen molar-refractivity contribution in [3.8, 4) is 0 Å². The first kappa shape index (κ1) is 13.7. The molecule has 1 atom stereocenters. The molecule has 0 spiro atoms. The van der Waals surface area contributed by atoms with Crippen molar-refractivity contribution in [2.24, 2.45) is 5.73 Å². The van der Waals surface area contributed by atoms with Gasteiger partial charge in [-0.25, -0.2) is 0 Å². The van der Waals surface area contributed by atoms with Crippen LogP contribution in [-0.2, 0) is 9.53 Å². The smallest absolute Gasteiger partial charge is 0.241 e. The van der Waals surface area contributed by atoms with Gasteiger partial charge in [0.2, 0.25) is 5.91 Å². The van der Waals surface area contributed by atoms with Crippen LogP contribution >= 0.6 is 0 Å². The lowest BCUT2D eigenvalue weighted by atomic mass is 10.1. The SMILES string of the molecule is CN1CCN(CCN2CCOCC2)C(CN)C1=O. The molecule has 0 saturated carbocycles. The van der Waals surface area contributed by atoms with Gasteiger partial charge in [-0.3, -0.25) is 14.6 Å². The van der Waals surface area contributed by atoms with Gasteiger partial charge >= 0.3 is 0 Å². The van der Waals surface area contributed by atoms with Crippen LogP contribution in [0.15, 0.2) is 0 Å². The molecular weight excluding hydrogens is 232 g/mol. The number of ether oxygens (including phenoxy) is 1. The maximum Gasteiger partial charge on any atom is 0.241 e. The van der Waals surface area contributed by atoms with Crippen molar-refractivity contribution in [1.82, 2.24) is 14.7 Å². The zero-order valence-corrected chi connectivity index (χ0v) is 11.2. The number of nitrogens with zero attached hydrogens (tertiary/aromatic N) is 3. The van der Waals surface area contributed by atoms with Crippen molar-refractivity contribution in [3.05, 3.63) is 0 Å². The van der Waals surface area contributed by atoms with Crippen molar-refractivity contribution in [2.75, 3.05) is 66.1 Å². The van der Waals surface area contributed by atoms with Crippen LogP contribution in [-0.4, -0.2) is 92.7 Å². The molecule has 0 radical (unpaired) electrons. The Labute approximate surface area is 109 Å². The molecule has 2 aliphatic rings. The molecule has 0 aromatic rings. The van der Waals surface area contributed by atoms with Crippen LogP contribution in [0.4, 0.5) is 0 Å². The van der Waals surface area contributed by atoms with E-state index in [-0.39, 0.29) is 11.9 Å². The zero-order valence-electron chi connectivity index (χ0n) is 11.2. The van der Waals surface area contributed by atoms with Gasteiger partial charge in [0.15, 0.2) is 0 Å². The van der Waals surface area contributed by atoms with E-state index in [1.54, 1.807) is 4.90 Å². The highest BCUT2D eigenvalue weighted by Crippen LogP contribution is 2.09. The number of amides is 1. The van der Waals surface area contributed by atoms with Gasteiger partial charge in [0.05, 0.1) is 13.2 Å². The van der Waals surface area contributed by atoms with E-state index in [1.165, 1.54) is 0 Å². The molecule has 0 bridgehead atoms. The molecule has 2 aliphatic heterocycles. The molecule has 2 fully saturated rings. The number of likely N-dealkylation sites (N-methyl/N-ethyl adjacent to an activating group) is 1. The molecule has 0 aromatic carbocycles. The number of rotatable bonds is 4. The van der Waals surface area contributed by atoms with Crippen molar-refractivity contribution in [2.45, 2.75) is 6.04 Å². The Bertz CT molecular complexity index is 281. The van der Waals surface area contributed by atoms with E-state index in [2.05, 4.69) is 9.80 Å². The topological polar surface area (TPSA) is 62.0 Å². The molecular formula is C12H24N4O2. The number of nitrogens with two attached hydrogens (primary N) is 1. The van der Waals surface area contributed by atoms with Crippen molar-refractivity contribution < 1.29 is 9.53 Å². The standard InChI is InChI=1S/C12H24N4O2/c1-14-2-4-16(11(10-13)12(14)17)5-3-15-6-8-18-9-7-15/h11H,2-10,13H2,1H3. The number of carbonyl (C=O) groups is 1. The molecule has 1 amide bonds. The molecule has 104 valence electrons. The maximum absolute atomic E-state index is 12.0. The molecule has 18 heavy (non-hydrogen) atoms. The number of piperazine rings is 1. The van der Waals surface area contributed by atoms with Crippen LogP contribution in [0.2, 0.25) is 0 Å². The first-order valence-electron chi connectivity index (χ1n) is 6.71. The summed E-state index contributed by atoms with van der Waals surface area (Å²) in [5.74, 6) is 0.158. The van der Waals surface area contributed by atoms with Gasteiger partial charge < -0.3 is 15.4 Å². The minimum atomic E-state index is -0.134. The lowest BCUT2D eigenvalue weighted by molar-refractivity contribution is -0.139. The molecule has 0 aliphatic carbocycles. The monoisotopic (exact) mass is 256 g/mol. The lowest BCUT2D eigenvalue weighted by Gasteiger charge is -2.39. The summed E-state index contributed by atoms with van der Waals surface area (Å²) in [5.41, 5.74) is 5.73. The molecule has 2 heterocycles. The van der Waals surface area contributed by atoms with Gasteiger partial charge in [-0.2, -0.15) is 0 Å². The Morgan fingerprint density at radius 2 is 1.94 bits per heavy atom. The molecule has 6 nitrogen and oxygen atoms in total. The van der Waals surface area contributed by atoms with Crippen molar-refractivity contribution in [3.63, 3.8) is 0 Å². The summed E-state index contributed by atoms with van der Waals surface area (Å²) in [6, 6.07) is -0.134. The van der Waals surface area contributed by atoms with E-state index >= 15 is 0 Å². The highest BCUT2D eigenvalue weighted by atomic mass is 16.5. The summed E-state index contributed by atoms with van der Waals surface area (Å²) in [7, 11) is 1.85. The van der Waals surface area contributed by atoms with Gasteiger partial charge in [0.25, 0.3) is 0 Å². The second-order valence-corrected chi connectivity index (χ2v) is 5.00. The summed E-state index contributed by atoms with van der Waals surface area (Å²) in [6.07, 6.45) is 0. The van der Waals surface area contributed by atoms with Crippen LogP contribution in [0.3, 0.4) is 0 Å². The van der Waals surface area contributed by atoms with E-state index in [1.807, 2.05) is 7.05 Å². The highest BCUT2D eigenvalue weighted by molar-refractivity contribution is 5.82. The van der Waals surface area contributed by atoms with Crippen LogP contribution in [0.25, 0.3) is 0 Å². The summed E-state index contributed by atoms with van der Waals surface area (Å²) < 4.78 is 5.33. The fourth-order valence-electron chi connectivity index (χ4n) is 2.57. The van der Waals surface area contributed by atoms with Crippen LogP contribution in [0.5, 0.6) is 0 Å². The van der Waals surface area contributed by atoms with E-state index < -0.39 is 0 Å². The number of hydrogen-bond acceptors (Lipinski definition) is 5. The highest BCUT2D eigenvalue weighted by Gasteiger charge is 2.31. The van der Waals surface area contributed by atoms with Crippen LogP contribution in [0.1, 0.15) is 0 Å². The molecule has 2 N–H and O–H groups in total. The number of morpholine rings is 1. The largest absolute Gasteiger partial charge is 0.379 e. The number of carbonyl (C=O) groups excluding carboxylic acids is 1. The second-order valence-electron chi connectivity index (χ2n) is 5.00. The quantitative estimate of drug-likeness (QED) is 0.658. The first-order valence-corrected chi connectivity index (χ1v) is 6.71. The molecule has 6 heteroatoms. The van der Waals surface area contributed by atoms with Gasteiger partial charge in [-0.05, 0) is 0 Å². The van der Waals surface area contributed by atoms with Gasteiger partial charge in [0, 0.05) is 52.9 Å². The molecule has 0 aromatic heterocycles. The average Bonchev–Trinajstić information content (AvgIpc) is 2.41. The maximum atomic E-state index is 12.0. The second kappa shape index (κ2) is 6.47. The van der Waals surface area contributed by atoms with Crippen molar-refractivity contribution >= 4 is 5.91 Å². The van der Waals surface area contributed by atoms with Crippen LogP contribution in [0, 0.1) is 0 Å². The summed E-state index contributed by atoms with van der Waals surface area (Å²) in [6.45, 7) is 7.69. The molecule has 2 rings (SSSR count). The lowest BCUT2D eigenvalue weighted by Crippen LogP contribution is -2.59. The zero-order chi connectivity index (χ0) is 13.0. The van der Waals surface area contributed by atoms with Gasteiger partial charge in [-0.1, -0.05) is 0 Å². The third kappa shape index (κ3) is 3.20. The Morgan fingerprint density at radius 3 is 2.61 bits per heavy atom. The molecule has 1 unspecified atom stereocenters. The third-order valence-corrected chi connectivity index (χ3v) is 3.86. The van der Waals surface area contributed by atoms with E-state index in [9.17, 15) is 4.79 Å². The summed E-state index contributed by atoms with van der Waals surface area (Å²) in [5, 5.41) is 0.